The Morgan fingerprint density at radius 1 is 1.08 bits per heavy atom. The molecule has 1 aromatic carbocycles. The third-order valence-electron chi connectivity index (χ3n) is 3.31. The fraction of sp³-hybridized carbons (Fsp3) is 0.0588. The number of hydrogen-bond donors (Lipinski definition) is 2. The molecule has 0 aliphatic carbocycles. The number of carboxylic acid groups (broad SMARTS) is 1. The van der Waals surface area contributed by atoms with E-state index in [-0.39, 0.29) is 10.8 Å². The van der Waals surface area contributed by atoms with E-state index in [0.717, 1.165) is 31.1 Å². The number of amides is 1. The molecule has 0 bridgehead atoms. The van der Waals surface area contributed by atoms with Crippen LogP contribution < -0.4 is 5.32 Å². The van der Waals surface area contributed by atoms with Crippen LogP contribution in [0.15, 0.2) is 46.3 Å². The second kappa shape index (κ2) is 6.88. The number of anilines is 1. The normalized spacial score (nSPS) is 10.6. The molecule has 0 spiro atoms. The van der Waals surface area contributed by atoms with Crippen molar-refractivity contribution >= 4 is 56.2 Å². The number of hydrogen-bond acceptors (Lipinski definition) is 4. The van der Waals surface area contributed by atoms with Gasteiger partial charge in [-0.1, -0.05) is 29.8 Å². The fourth-order valence-electron chi connectivity index (χ4n) is 2.12. The molecule has 0 aliphatic heterocycles. The van der Waals surface area contributed by atoms with E-state index in [1.54, 1.807) is 18.2 Å². The van der Waals surface area contributed by atoms with Gasteiger partial charge in [0.05, 0.1) is 14.4 Å². The summed E-state index contributed by atoms with van der Waals surface area (Å²) in [5.41, 5.74) is 2.37. The predicted molar refractivity (Wildman–Crippen MR) is 101 cm³/mol. The van der Waals surface area contributed by atoms with Crippen LogP contribution in [-0.2, 0) is 0 Å². The molecule has 24 heavy (non-hydrogen) atoms. The van der Waals surface area contributed by atoms with Gasteiger partial charge < -0.3 is 10.4 Å². The van der Waals surface area contributed by atoms with Gasteiger partial charge >= 0.3 is 5.97 Å². The Morgan fingerprint density at radius 3 is 2.38 bits per heavy atom. The Labute approximate surface area is 154 Å². The minimum atomic E-state index is -1.05. The van der Waals surface area contributed by atoms with Gasteiger partial charge in [-0.25, -0.2) is 4.79 Å². The van der Waals surface area contributed by atoms with Crippen molar-refractivity contribution in [3.63, 3.8) is 0 Å². The molecule has 2 N–H and O–H groups in total. The molecular weight excluding hydrogens is 410 g/mol. The zero-order valence-electron chi connectivity index (χ0n) is 12.5. The van der Waals surface area contributed by atoms with E-state index in [0.29, 0.717) is 10.6 Å². The van der Waals surface area contributed by atoms with Crippen molar-refractivity contribution in [2.24, 2.45) is 0 Å². The first-order valence-electron chi connectivity index (χ1n) is 6.95. The number of carbonyl (C=O) groups excluding carboxylic acids is 1. The first-order chi connectivity index (χ1) is 11.4. The molecule has 7 heteroatoms. The lowest BCUT2D eigenvalue weighted by Crippen LogP contribution is -2.11. The second-order valence-corrected chi connectivity index (χ2v) is 8.60. The first-order valence-corrected chi connectivity index (χ1v) is 9.37. The van der Waals surface area contributed by atoms with Crippen molar-refractivity contribution in [3.05, 3.63) is 61.6 Å². The molecule has 2 aromatic heterocycles. The summed E-state index contributed by atoms with van der Waals surface area (Å²) in [7, 11) is 0. The number of aromatic carboxylic acids is 1. The van der Waals surface area contributed by atoms with Crippen LogP contribution >= 0.6 is 38.6 Å². The van der Waals surface area contributed by atoms with Crippen LogP contribution in [0.4, 0.5) is 5.69 Å². The van der Waals surface area contributed by atoms with Gasteiger partial charge in [0.1, 0.15) is 4.88 Å². The molecule has 122 valence electrons. The summed E-state index contributed by atoms with van der Waals surface area (Å²) in [6.45, 7) is 1.99. The maximum atomic E-state index is 12.3. The minimum Gasteiger partial charge on any atom is -0.477 e. The Kier molecular flexibility index (Phi) is 4.84. The number of halogens is 1. The summed E-state index contributed by atoms with van der Waals surface area (Å²) < 4.78 is 0.844. The van der Waals surface area contributed by atoms with Gasteiger partial charge in [0.25, 0.3) is 5.91 Å². The highest BCUT2D eigenvalue weighted by Crippen LogP contribution is 2.35. The van der Waals surface area contributed by atoms with Crippen LogP contribution in [-0.4, -0.2) is 17.0 Å². The van der Waals surface area contributed by atoms with Gasteiger partial charge in [-0.15, -0.1) is 22.7 Å². The molecule has 0 unspecified atom stereocenters. The monoisotopic (exact) mass is 421 g/mol. The van der Waals surface area contributed by atoms with Crippen molar-refractivity contribution in [2.45, 2.75) is 6.92 Å². The molecule has 0 saturated heterocycles. The highest BCUT2D eigenvalue weighted by molar-refractivity contribution is 9.11. The van der Waals surface area contributed by atoms with Gasteiger partial charge in [-0.3, -0.25) is 4.79 Å². The predicted octanol–water partition coefficient (Wildman–Crippen LogP) is 5.50. The molecule has 0 fully saturated rings. The third-order valence-corrected chi connectivity index (χ3v) is 6.10. The van der Waals surface area contributed by atoms with E-state index in [1.807, 2.05) is 31.2 Å². The van der Waals surface area contributed by atoms with Crippen molar-refractivity contribution in [1.29, 1.82) is 0 Å². The van der Waals surface area contributed by atoms with E-state index in [1.165, 1.54) is 11.3 Å². The first kappa shape index (κ1) is 16.9. The van der Waals surface area contributed by atoms with Crippen molar-refractivity contribution < 1.29 is 14.7 Å². The van der Waals surface area contributed by atoms with E-state index in [2.05, 4.69) is 21.2 Å². The van der Waals surface area contributed by atoms with E-state index < -0.39 is 5.97 Å². The standard InChI is InChI=1S/C17H12BrNO3S2/c1-9-2-4-10(5-3-9)13-8-11(15(24-13)17(21)22)19-16(20)12-6-7-14(18)23-12/h2-8H,1H3,(H,19,20)(H,21,22). The number of carbonyl (C=O) groups is 2. The number of benzene rings is 1. The molecule has 0 radical (unpaired) electrons. The van der Waals surface area contributed by atoms with Crippen molar-refractivity contribution in [1.82, 2.24) is 0 Å². The van der Waals surface area contributed by atoms with E-state index in [9.17, 15) is 14.7 Å². The summed E-state index contributed by atoms with van der Waals surface area (Å²) in [6.07, 6.45) is 0. The molecular formula is C17H12BrNO3S2. The van der Waals surface area contributed by atoms with Crippen LogP contribution in [0.25, 0.3) is 10.4 Å². The van der Waals surface area contributed by atoms with Crippen LogP contribution in [0.2, 0.25) is 0 Å². The fourth-order valence-corrected chi connectivity index (χ4v) is 4.36. The average molecular weight is 422 g/mol. The molecule has 3 aromatic rings. The Bertz CT molecular complexity index is 912. The van der Waals surface area contributed by atoms with Gasteiger partial charge in [-0.2, -0.15) is 0 Å². The molecule has 2 heterocycles. The van der Waals surface area contributed by atoms with Gasteiger partial charge in [0.15, 0.2) is 0 Å². The van der Waals surface area contributed by atoms with Crippen LogP contribution in [0.5, 0.6) is 0 Å². The second-order valence-electron chi connectivity index (χ2n) is 5.08. The molecule has 4 nitrogen and oxygen atoms in total. The SMILES string of the molecule is Cc1ccc(-c2cc(NC(=O)c3ccc(Br)s3)c(C(=O)O)s2)cc1. The lowest BCUT2D eigenvalue weighted by molar-refractivity contribution is 0.0703. The van der Waals surface area contributed by atoms with Gasteiger partial charge in [0.2, 0.25) is 0 Å². The zero-order chi connectivity index (χ0) is 17.3. The van der Waals surface area contributed by atoms with Gasteiger partial charge in [0, 0.05) is 4.88 Å². The zero-order valence-corrected chi connectivity index (χ0v) is 15.7. The number of rotatable bonds is 4. The molecule has 3 rings (SSSR count). The Balaban J connectivity index is 1.93. The summed E-state index contributed by atoms with van der Waals surface area (Å²) in [4.78, 5) is 25.2. The molecule has 0 atom stereocenters. The summed E-state index contributed by atoms with van der Waals surface area (Å²) in [6, 6.07) is 13.0. The molecule has 0 saturated carbocycles. The third kappa shape index (κ3) is 3.58. The van der Waals surface area contributed by atoms with Crippen LogP contribution in [0, 0.1) is 6.92 Å². The summed E-state index contributed by atoms with van der Waals surface area (Å²) in [5, 5.41) is 12.1. The largest absolute Gasteiger partial charge is 0.477 e. The molecule has 0 aliphatic rings. The highest BCUT2D eigenvalue weighted by Gasteiger charge is 2.19. The summed E-state index contributed by atoms with van der Waals surface area (Å²) in [5.74, 6) is -1.37. The number of nitrogens with one attached hydrogen (secondary N) is 1. The number of aryl methyl sites for hydroxylation is 1. The topological polar surface area (TPSA) is 66.4 Å². The summed E-state index contributed by atoms with van der Waals surface area (Å²) >= 11 is 5.75. The lowest BCUT2D eigenvalue weighted by atomic mass is 10.1. The van der Waals surface area contributed by atoms with Crippen LogP contribution in [0.3, 0.4) is 0 Å². The maximum Gasteiger partial charge on any atom is 0.348 e. The van der Waals surface area contributed by atoms with Crippen molar-refractivity contribution in [2.75, 3.05) is 5.32 Å². The lowest BCUT2D eigenvalue weighted by Gasteiger charge is -2.02. The molecule has 1 amide bonds. The number of thiophene rings is 2. The van der Waals surface area contributed by atoms with Crippen molar-refractivity contribution in [3.8, 4) is 10.4 Å². The highest BCUT2D eigenvalue weighted by atomic mass is 79.9. The number of carboxylic acids is 1. The quantitative estimate of drug-likeness (QED) is 0.584. The Morgan fingerprint density at radius 2 is 1.79 bits per heavy atom. The average Bonchev–Trinajstić information content (AvgIpc) is 3.14. The maximum absolute atomic E-state index is 12.3. The van der Waals surface area contributed by atoms with E-state index in [4.69, 9.17) is 0 Å². The Hall–Kier alpha value is -1.96. The smallest absolute Gasteiger partial charge is 0.348 e. The van der Waals surface area contributed by atoms with Crippen LogP contribution in [0.1, 0.15) is 24.9 Å². The van der Waals surface area contributed by atoms with E-state index >= 15 is 0 Å². The van der Waals surface area contributed by atoms with Gasteiger partial charge in [-0.05, 0) is 46.6 Å². The minimum absolute atomic E-state index is 0.120.